The summed E-state index contributed by atoms with van der Waals surface area (Å²) in [4.78, 5) is 14.3. The zero-order valence-corrected chi connectivity index (χ0v) is 32.3. The van der Waals surface area contributed by atoms with Crippen LogP contribution in [-0.2, 0) is 21.4 Å². The molecule has 51 heavy (non-hydrogen) atoms. The van der Waals surface area contributed by atoms with E-state index in [0.29, 0.717) is 30.4 Å². The Morgan fingerprint density at radius 1 is 0.725 bits per heavy atom. The summed E-state index contributed by atoms with van der Waals surface area (Å²) < 4.78 is 5.39. The van der Waals surface area contributed by atoms with E-state index < -0.39 is 0 Å². The van der Waals surface area contributed by atoms with Gasteiger partial charge in [0.05, 0.1) is 6.61 Å². The lowest BCUT2D eigenvalue weighted by atomic mass is 9.65. The molecule has 4 aromatic rings. The van der Waals surface area contributed by atoms with Crippen molar-refractivity contribution in [1.29, 1.82) is 0 Å². The van der Waals surface area contributed by atoms with Crippen LogP contribution in [-0.4, -0.2) is 12.6 Å². The van der Waals surface area contributed by atoms with Crippen molar-refractivity contribution in [3.05, 3.63) is 125 Å². The Labute approximate surface area is 309 Å². The van der Waals surface area contributed by atoms with Gasteiger partial charge in [0.15, 0.2) is 0 Å². The van der Waals surface area contributed by atoms with Crippen LogP contribution in [0.2, 0.25) is 0 Å². The first-order valence-corrected chi connectivity index (χ1v) is 19.8. The Kier molecular flexibility index (Phi) is 13.4. The Bertz CT molecular complexity index is 1720. The summed E-state index contributed by atoms with van der Waals surface area (Å²) in [6.07, 6.45) is 13.2. The molecule has 0 fully saturated rings. The van der Waals surface area contributed by atoms with Crippen LogP contribution in [0.25, 0.3) is 11.1 Å². The third-order valence-corrected chi connectivity index (χ3v) is 11.3. The van der Waals surface area contributed by atoms with Gasteiger partial charge in [-0.15, -0.1) is 0 Å². The van der Waals surface area contributed by atoms with Gasteiger partial charge >= 0.3 is 5.97 Å². The van der Waals surface area contributed by atoms with Gasteiger partial charge in [0, 0.05) is 34.5 Å². The number of unbranched alkanes of at least 4 members (excludes halogenated alkanes) is 2. The largest absolute Gasteiger partial charge is 0.462 e. The minimum Gasteiger partial charge on any atom is -0.462 e. The second kappa shape index (κ2) is 17.9. The lowest BCUT2D eigenvalue weighted by Gasteiger charge is -2.39. The molecule has 0 heterocycles. The molecule has 1 aliphatic rings. The number of hydrogen-bond acceptors (Lipinski definition) is 3. The van der Waals surface area contributed by atoms with Crippen molar-refractivity contribution in [3.8, 4) is 11.1 Å². The highest BCUT2D eigenvalue weighted by Gasteiger charge is 2.45. The summed E-state index contributed by atoms with van der Waals surface area (Å²) in [6.45, 7) is 17.4. The van der Waals surface area contributed by atoms with E-state index in [0.717, 1.165) is 16.9 Å². The summed E-state index contributed by atoms with van der Waals surface area (Å²) in [5, 5.41) is 0. The molecule has 0 bridgehead atoms. The fourth-order valence-corrected chi connectivity index (χ4v) is 8.32. The number of ether oxygens (including phenoxy) is 1. The summed E-state index contributed by atoms with van der Waals surface area (Å²) in [7, 11) is 0. The fourth-order valence-electron chi connectivity index (χ4n) is 8.32. The van der Waals surface area contributed by atoms with Gasteiger partial charge in [-0.2, -0.15) is 0 Å². The molecule has 0 aliphatic heterocycles. The van der Waals surface area contributed by atoms with Crippen molar-refractivity contribution < 1.29 is 9.53 Å². The molecule has 3 heteroatoms. The number of anilines is 3. The monoisotopic (exact) mass is 683 g/mol. The van der Waals surface area contributed by atoms with E-state index in [1.165, 1.54) is 92.1 Å². The predicted octanol–water partition coefficient (Wildman–Crippen LogP) is 13.6. The van der Waals surface area contributed by atoms with E-state index in [1.54, 1.807) is 12.5 Å². The number of aryl methyl sites for hydroxylation is 1. The average Bonchev–Trinajstić information content (AvgIpc) is 3.41. The first kappa shape index (κ1) is 38.1. The summed E-state index contributed by atoms with van der Waals surface area (Å²) >= 11 is 0. The van der Waals surface area contributed by atoms with Crippen LogP contribution < -0.4 is 4.90 Å². The molecule has 0 spiro atoms. The Morgan fingerprint density at radius 2 is 1.27 bits per heavy atom. The third kappa shape index (κ3) is 8.86. The second-order valence-electron chi connectivity index (χ2n) is 15.1. The average molecular weight is 684 g/mol. The van der Waals surface area contributed by atoms with Gasteiger partial charge in [-0.1, -0.05) is 146 Å². The van der Waals surface area contributed by atoms with E-state index >= 15 is 0 Å². The Morgan fingerprint density at radius 3 is 1.84 bits per heavy atom. The lowest BCUT2D eigenvalue weighted by Crippen LogP contribution is -2.31. The molecule has 270 valence electrons. The summed E-state index contributed by atoms with van der Waals surface area (Å²) in [6, 6.07) is 34.3. The zero-order chi connectivity index (χ0) is 36.4. The van der Waals surface area contributed by atoms with Crippen molar-refractivity contribution in [2.24, 2.45) is 11.8 Å². The number of carbonyl (C=O) groups excluding carboxylic acids is 1. The maximum atomic E-state index is 11.9. The number of nitrogens with zero attached hydrogens (tertiary/aromatic N) is 1. The number of rotatable bonds is 19. The minimum atomic E-state index is -0.335. The van der Waals surface area contributed by atoms with Crippen LogP contribution >= 0.6 is 0 Å². The standard InChI is InChI=1S/C48H61NO2/c1-8-12-16-37(10-3)33-48(34-38(11-4)17-13-9-2)45-19-15-14-18-43(45)44-29-28-42(32-46(44)48)49(40-24-20-36(7)21-25-40)41-26-22-39(23-27-41)30-31-51-47(50)35(5)6/h14-15,18-29,32,37-38H,5,8-13,16-17,30-31,33-34H2,1-4,6-7H3. The maximum absolute atomic E-state index is 11.9. The quantitative estimate of drug-likeness (QED) is 0.0728. The van der Waals surface area contributed by atoms with Gasteiger partial charge in [-0.05, 0) is 103 Å². The maximum Gasteiger partial charge on any atom is 0.333 e. The van der Waals surface area contributed by atoms with Crippen LogP contribution in [0.5, 0.6) is 0 Å². The number of carbonyl (C=O) groups is 1. The SMILES string of the molecule is C=C(C)C(=O)OCCc1ccc(N(c2ccc(C)cc2)c2ccc3c(c2)C(CC(CC)CCCC)(CC(CC)CCCC)c2ccccc2-3)cc1. The molecule has 4 aromatic carbocycles. The topological polar surface area (TPSA) is 29.5 Å². The normalized spacial score (nSPS) is 15.9. The molecule has 3 nitrogen and oxygen atoms in total. The summed E-state index contributed by atoms with van der Waals surface area (Å²) in [5.74, 6) is 1.04. The molecule has 0 saturated carbocycles. The van der Waals surface area contributed by atoms with Crippen LogP contribution in [0.3, 0.4) is 0 Å². The smallest absolute Gasteiger partial charge is 0.333 e. The van der Waals surface area contributed by atoms with E-state index in [1.807, 2.05) is 0 Å². The van der Waals surface area contributed by atoms with Gasteiger partial charge in [0.2, 0.25) is 0 Å². The van der Waals surface area contributed by atoms with E-state index in [-0.39, 0.29) is 11.4 Å². The third-order valence-electron chi connectivity index (χ3n) is 11.3. The Hall–Kier alpha value is -4.11. The molecule has 1 aliphatic carbocycles. The molecule has 0 amide bonds. The van der Waals surface area contributed by atoms with Crippen molar-refractivity contribution in [1.82, 2.24) is 0 Å². The highest BCUT2D eigenvalue weighted by atomic mass is 16.5. The number of benzene rings is 4. The van der Waals surface area contributed by atoms with Gasteiger partial charge in [0.25, 0.3) is 0 Å². The Balaban J connectivity index is 1.62. The van der Waals surface area contributed by atoms with Crippen LogP contribution in [0.1, 0.15) is 121 Å². The minimum absolute atomic E-state index is 0.0190. The number of esters is 1. The van der Waals surface area contributed by atoms with E-state index in [4.69, 9.17) is 4.74 Å². The molecule has 5 rings (SSSR count). The molecule has 2 unspecified atom stereocenters. The lowest BCUT2D eigenvalue weighted by molar-refractivity contribution is -0.138. The van der Waals surface area contributed by atoms with Gasteiger partial charge in [-0.25, -0.2) is 4.79 Å². The molecular formula is C48H61NO2. The van der Waals surface area contributed by atoms with Crippen molar-refractivity contribution >= 4 is 23.0 Å². The highest BCUT2D eigenvalue weighted by molar-refractivity contribution is 5.87. The summed E-state index contributed by atoms with van der Waals surface area (Å²) in [5.41, 5.74) is 12.1. The van der Waals surface area contributed by atoms with Crippen molar-refractivity contribution in [2.45, 2.75) is 118 Å². The van der Waals surface area contributed by atoms with E-state index in [9.17, 15) is 4.79 Å². The number of hydrogen-bond donors (Lipinski definition) is 0. The molecule has 0 aromatic heterocycles. The zero-order valence-electron chi connectivity index (χ0n) is 32.3. The van der Waals surface area contributed by atoms with Crippen molar-refractivity contribution in [3.63, 3.8) is 0 Å². The highest BCUT2D eigenvalue weighted by Crippen LogP contribution is 2.57. The van der Waals surface area contributed by atoms with Gasteiger partial charge in [0.1, 0.15) is 0 Å². The molecule has 0 saturated heterocycles. The van der Waals surface area contributed by atoms with Crippen molar-refractivity contribution in [2.75, 3.05) is 11.5 Å². The van der Waals surface area contributed by atoms with E-state index in [2.05, 4.69) is 137 Å². The molecule has 0 radical (unpaired) electrons. The second-order valence-corrected chi connectivity index (χ2v) is 15.1. The predicted molar refractivity (Wildman–Crippen MR) is 217 cm³/mol. The molecule has 0 N–H and O–H groups in total. The fraction of sp³-hybridized carbons (Fsp3) is 0.438. The first-order valence-electron chi connectivity index (χ1n) is 19.8. The molecular weight excluding hydrogens is 623 g/mol. The molecule has 2 atom stereocenters. The van der Waals surface area contributed by atoms with Crippen LogP contribution in [0, 0.1) is 18.8 Å². The van der Waals surface area contributed by atoms with Crippen LogP contribution in [0.4, 0.5) is 17.1 Å². The van der Waals surface area contributed by atoms with Gasteiger partial charge in [-0.3, -0.25) is 0 Å². The number of fused-ring (bicyclic) bond motifs is 3. The first-order chi connectivity index (χ1) is 24.7. The van der Waals surface area contributed by atoms with Gasteiger partial charge < -0.3 is 9.64 Å². The van der Waals surface area contributed by atoms with Crippen LogP contribution in [0.15, 0.2) is 103 Å².